The number of carbonyl (C=O) groups excluding carboxylic acids is 1. The molecule has 0 spiro atoms. The number of methoxy groups -OCH3 is 2. The van der Waals surface area contributed by atoms with Gasteiger partial charge in [-0.3, -0.25) is 4.79 Å². The predicted molar refractivity (Wildman–Crippen MR) is 115 cm³/mol. The van der Waals surface area contributed by atoms with Crippen LogP contribution < -0.4 is 14.8 Å². The standard InChI is InChI=1S/C23H26ClNO4/c1-27-20-8-9-21(28-2)17(15-20)3-10-22(26)25-16-23(11-13-29-14-12-23)18-4-6-19(24)7-5-18/h3-10,15H,11-14,16H2,1-2H3,(H,25,26)/b10-3+. The molecule has 0 aromatic heterocycles. The predicted octanol–water partition coefficient (Wildman–Crippen LogP) is 4.24. The summed E-state index contributed by atoms with van der Waals surface area (Å²) in [5.74, 6) is 1.22. The molecule has 0 atom stereocenters. The maximum absolute atomic E-state index is 12.5. The quantitative estimate of drug-likeness (QED) is 0.687. The monoisotopic (exact) mass is 415 g/mol. The third-order valence-electron chi connectivity index (χ3n) is 5.36. The third-order valence-corrected chi connectivity index (χ3v) is 5.61. The second-order valence-electron chi connectivity index (χ2n) is 7.06. The molecule has 3 rings (SSSR count). The summed E-state index contributed by atoms with van der Waals surface area (Å²) < 4.78 is 16.2. The number of amides is 1. The Morgan fingerprint density at radius 2 is 1.86 bits per heavy atom. The molecule has 154 valence electrons. The van der Waals surface area contributed by atoms with Crippen LogP contribution in [-0.4, -0.2) is 39.9 Å². The van der Waals surface area contributed by atoms with Crippen LogP contribution in [0.4, 0.5) is 0 Å². The van der Waals surface area contributed by atoms with Gasteiger partial charge in [-0.1, -0.05) is 23.7 Å². The van der Waals surface area contributed by atoms with Gasteiger partial charge >= 0.3 is 0 Å². The van der Waals surface area contributed by atoms with Gasteiger partial charge in [0.25, 0.3) is 0 Å². The van der Waals surface area contributed by atoms with E-state index in [-0.39, 0.29) is 11.3 Å². The number of benzene rings is 2. The zero-order valence-corrected chi connectivity index (χ0v) is 17.5. The van der Waals surface area contributed by atoms with Crippen LogP contribution in [0.2, 0.25) is 5.02 Å². The van der Waals surface area contributed by atoms with Crippen LogP contribution >= 0.6 is 11.6 Å². The summed E-state index contributed by atoms with van der Waals surface area (Å²) in [4.78, 5) is 12.5. The van der Waals surface area contributed by atoms with Crippen LogP contribution in [0.5, 0.6) is 11.5 Å². The molecule has 0 saturated carbocycles. The van der Waals surface area contributed by atoms with Gasteiger partial charge in [-0.25, -0.2) is 0 Å². The Bertz CT molecular complexity index is 858. The van der Waals surface area contributed by atoms with Gasteiger partial charge in [0.05, 0.1) is 14.2 Å². The third kappa shape index (κ3) is 5.31. The lowest BCUT2D eigenvalue weighted by atomic mass is 9.74. The van der Waals surface area contributed by atoms with E-state index in [1.165, 1.54) is 11.6 Å². The minimum atomic E-state index is -0.158. The van der Waals surface area contributed by atoms with Crippen molar-refractivity contribution in [2.75, 3.05) is 34.0 Å². The first-order valence-electron chi connectivity index (χ1n) is 9.58. The molecule has 0 radical (unpaired) electrons. The van der Waals surface area contributed by atoms with Crippen molar-refractivity contribution in [2.45, 2.75) is 18.3 Å². The zero-order valence-electron chi connectivity index (χ0n) is 16.7. The number of hydrogen-bond donors (Lipinski definition) is 1. The van der Waals surface area contributed by atoms with Crippen LogP contribution in [0.3, 0.4) is 0 Å². The van der Waals surface area contributed by atoms with Crippen molar-refractivity contribution in [1.82, 2.24) is 5.32 Å². The van der Waals surface area contributed by atoms with E-state index in [1.807, 2.05) is 42.5 Å². The van der Waals surface area contributed by atoms with Gasteiger partial charge in [0.2, 0.25) is 5.91 Å². The first kappa shape index (κ1) is 21.2. The van der Waals surface area contributed by atoms with E-state index in [4.69, 9.17) is 25.8 Å². The lowest BCUT2D eigenvalue weighted by Crippen LogP contribution is -2.44. The molecule has 29 heavy (non-hydrogen) atoms. The van der Waals surface area contributed by atoms with Crippen molar-refractivity contribution in [1.29, 1.82) is 0 Å². The first-order valence-corrected chi connectivity index (χ1v) is 9.96. The molecule has 5 nitrogen and oxygen atoms in total. The summed E-state index contributed by atoms with van der Waals surface area (Å²) in [7, 11) is 3.20. The van der Waals surface area contributed by atoms with Crippen LogP contribution in [0, 0.1) is 0 Å². The Hall–Kier alpha value is -2.50. The van der Waals surface area contributed by atoms with Crippen molar-refractivity contribution >= 4 is 23.6 Å². The van der Waals surface area contributed by atoms with E-state index in [2.05, 4.69) is 5.32 Å². The van der Waals surface area contributed by atoms with E-state index in [9.17, 15) is 4.79 Å². The Morgan fingerprint density at radius 1 is 1.14 bits per heavy atom. The summed E-state index contributed by atoms with van der Waals surface area (Å²) >= 11 is 6.05. The number of rotatable bonds is 7. The molecule has 2 aromatic rings. The molecule has 0 bridgehead atoms. The fourth-order valence-electron chi connectivity index (χ4n) is 3.58. The van der Waals surface area contributed by atoms with E-state index in [1.54, 1.807) is 20.3 Å². The Morgan fingerprint density at radius 3 is 2.52 bits per heavy atom. The van der Waals surface area contributed by atoms with Gasteiger partial charge in [0, 0.05) is 41.8 Å². The normalized spacial score (nSPS) is 15.8. The summed E-state index contributed by atoms with van der Waals surface area (Å²) in [6.45, 7) is 1.89. The van der Waals surface area contributed by atoms with E-state index < -0.39 is 0 Å². The second kappa shape index (κ2) is 9.81. The van der Waals surface area contributed by atoms with Gasteiger partial charge in [-0.05, 0) is 54.8 Å². The molecule has 1 N–H and O–H groups in total. The lowest BCUT2D eigenvalue weighted by Gasteiger charge is -2.38. The fourth-order valence-corrected chi connectivity index (χ4v) is 3.71. The van der Waals surface area contributed by atoms with Crippen LogP contribution in [0.25, 0.3) is 6.08 Å². The molecular formula is C23H26ClNO4. The van der Waals surface area contributed by atoms with Gasteiger partial charge in [0.15, 0.2) is 0 Å². The maximum Gasteiger partial charge on any atom is 0.244 e. The summed E-state index contributed by atoms with van der Waals surface area (Å²) in [5, 5.41) is 3.76. The molecule has 1 saturated heterocycles. The molecule has 2 aromatic carbocycles. The minimum absolute atomic E-state index is 0.153. The van der Waals surface area contributed by atoms with Crippen molar-refractivity contribution < 1.29 is 19.0 Å². The molecule has 1 aliphatic heterocycles. The topological polar surface area (TPSA) is 56.8 Å². The zero-order chi connectivity index (χ0) is 20.7. The van der Waals surface area contributed by atoms with E-state index >= 15 is 0 Å². The Labute approximate surface area is 176 Å². The van der Waals surface area contributed by atoms with Crippen molar-refractivity contribution in [2.24, 2.45) is 0 Å². The molecule has 0 aliphatic carbocycles. The number of halogens is 1. The highest BCUT2D eigenvalue weighted by atomic mass is 35.5. The smallest absolute Gasteiger partial charge is 0.244 e. The first-order chi connectivity index (χ1) is 14.1. The Kier molecular flexibility index (Phi) is 7.18. The SMILES string of the molecule is COc1ccc(OC)c(/C=C/C(=O)NCC2(c3ccc(Cl)cc3)CCOCC2)c1. The number of nitrogens with one attached hydrogen (secondary N) is 1. The second-order valence-corrected chi connectivity index (χ2v) is 7.50. The molecule has 1 amide bonds. The summed E-state index contributed by atoms with van der Waals surface area (Å²) in [5.41, 5.74) is 1.80. The lowest BCUT2D eigenvalue weighted by molar-refractivity contribution is -0.116. The highest BCUT2D eigenvalue weighted by Crippen LogP contribution is 2.35. The van der Waals surface area contributed by atoms with Gasteiger partial charge in [0.1, 0.15) is 11.5 Å². The number of hydrogen-bond acceptors (Lipinski definition) is 4. The maximum atomic E-state index is 12.5. The minimum Gasteiger partial charge on any atom is -0.497 e. The highest BCUT2D eigenvalue weighted by molar-refractivity contribution is 6.30. The highest BCUT2D eigenvalue weighted by Gasteiger charge is 2.34. The molecule has 1 heterocycles. The van der Waals surface area contributed by atoms with Crippen LogP contribution in [0.15, 0.2) is 48.5 Å². The van der Waals surface area contributed by atoms with Crippen molar-refractivity contribution in [3.63, 3.8) is 0 Å². The molecule has 0 unspecified atom stereocenters. The molecular weight excluding hydrogens is 390 g/mol. The fraction of sp³-hybridized carbons (Fsp3) is 0.348. The number of carbonyl (C=O) groups is 1. The van der Waals surface area contributed by atoms with Crippen molar-refractivity contribution in [3.8, 4) is 11.5 Å². The van der Waals surface area contributed by atoms with Gasteiger partial charge < -0.3 is 19.5 Å². The van der Waals surface area contributed by atoms with Crippen molar-refractivity contribution in [3.05, 3.63) is 64.7 Å². The van der Waals surface area contributed by atoms with Crippen LogP contribution in [-0.2, 0) is 14.9 Å². The van der Waals surface area contributed by atoms with Crippen LogP contribution in [0.1, 0.15) is 24.0 Å². The number of ether oxygens (including phenoxy) is 3. The van der Waals surface area contributed by atoms with Gasteiger partial charge in [-0.2, -0.15) is 0 Å². The van der Waals surface area contributed by atoms with Gasteiger partial charge in [-0.15, -0.1) is 0 Å². The molecule has 1 fully saturated rings. The Balaban J connectivity index is 1.71. The largest absolute Gasteiger partial charge is 0.497 e. The summed E-state index contributed by atoms with van der Waals surface area (Å²) in [6.07, 6.45) is 4.95. The molecule has 6 heteroatoms. The average molecular weight is 416 g/mol. The van der Waals surface area contributed by atoms with E-state index in [0.29, 0.717) is 36.3 Å². The average Bonchev–Trinajstić information content (AvgIpc) is 2.77. The molecule has 1 aliphatic rings. The summed E-state index contributed by atoms with van der Waals surface area (Å²) in [6, 6.07) is 13.3. The van der Waals surface area contributed by atoms with E-state index in [0.717, 1.165) is 18.4 Å².